The minimum Gasteiger partial charge on any atom is -0.497 e. The first-order valence-corrected chi connectivity index (χ1v) is 11.6. The van der Waals surface area contributed by atoms with Crippen molar-refractivity contribution in [3.8, 4) is 17.2 Å². The average molecular weight is 435 g/mol. The van der Waals surface area contributed by atoms with E-state index in [9.17, 15) is 0 Å². The highest BCUT2D eigenvalue weighted by Gasteiger charge is 2.45. The lowest BCUT2D eigenvalue weighted by molar-refractivity contribution is 0.414. The van der Waals surface area contributed by atoms with E-state index in [0.29, 0.717) is 5.92 Å². The van der Waals surface area contributed by atoms with Gasteiger partial charge in [-0.3, -0.25) is 0 Å². The van der Waals surface area contributed by atoms with E-state index in [1.165, 1.54) is 38.9 Å². The fourth-order valence-corrected chi connectivity index (χ4v) is 5.01. The normalized spacial score (nSPS) is 16.7. The van der Waals surface area contributed by atoms with Gasteiger partial charge in [0.1, 0.15) is 17.2 Å². The third kappa shape index (κ3) is 3.41. The van der Waals surface area contributed by atoms with E-state index in [1.54, 1.807) is 7.11 Å². The van der Waals surface area contributed by atoms with Crippen molar-refractivity contribution in [1.82, 2.24) is 0 Å². The third-order valence-corrected chi connectivity index (χ3v) is 6.84. The van der Waals surface area contributed by atoms with Crippen LogP contribution in [0.15, 0.2) is 84.9 Å². The molecule has 0 saturated carbocycles. The molecule has 5 rings (SSSR count). The summed E-state index contributed by atoms with van der Waals surface area (Å²) in [7, 11) is 1.71. The summed E-state index contributed by atoms with van der Waals surface area (Å²) < 4.78 is 12.0. The lowest BCUT2D eigenvalue weighted by Gasteiger charge is -2.42. The van der Waals surface area contributed by atoms with Gasteiger partial charge < -0.3 is 9.47 Å². The molecule has 4 aromatic carbocycles. The number of ether oxygens (including phenoxy) is 2. The Balaban J connectivity index is 1.94. The van der Waals surface area contributed by atoms with Crippen molar-refractivity contribution in [2.75, 3.05) is 7.11 Å². The highest BCUT2D eigenvalue weighted by Crippen LogP contribution is 2.56. The highest BCUT2D eigenvalue weighted by molar-refractivity contribution is 5.70. The molecule has 166 valence electrons. The number of hydrogen-bond acceptors (Lipinski definition) is 2. The van der Waals surface area contributed by atoms with Gasteiger partial charge in [0.05, 0.1) is 12.5 Å². The number of hydrogen-bond donors (Lipinski definition) is 0. The zero-order valence-electron chi connectivity index (χ0n) is 20.0. The van der Waals surface area contributed by atoms with Crippen LogP contribution in [0, 0.1) is 13.8 Å². The number of rotatable bonds is 4. The summed E-state index contributed by atoms with van der Waals surface area (Å²) in [5.41, 5.74) is 8.05. The highest BCUT2D eigenvalue weighted by atomic mass is 16.5. The Kier molecular flexibility index (Phi) is 5.25. The second-order valence-corrected chi connectivity index (χ2v) is 9.36. The smallest absolute Gasteiger partial charge is 0.132 e. The van der Waals surface area contributed by atoms with Crippen molar-refractivity contribution >= 4 is 0 Å². The van der Waals surface area contributed by atoms with Crippen LogP contribution < -0.4 is 9.47 Å². The number of fused-ring (bicyclic) bond motifs is 2. The van der Waals surface area contributed by atoms with E-state index in [4.69, 9.17) is 9.47 Å². The molecule has 0 bridgehead atoms. The summed E-state index contributed by atoms with van der Waals surface area (Å²) in [5.74, 6) is 3.08. The number of aryl methyl sites for hydroxylation is 2. The molecule has 2 heteroatoms. The molecule has 0 spiro atoms. The van der Waals surface area contributed by atoms with Gasteiger partial charge >= 0.3 is 0 Å². The SMILES string of the molecule is COc1ccc(C2(c3ccc(C)cc3)c3cc(C)ccc3Oc3ccc(C(C)C)cc32)cc1. The lowest BCUT2D eigenvalue weighted by atomic mass is 9.63. The summed E-state index contributed by atoms with van der Waals surface area (Å²) in [6.45, 7) is 8.76. The molecule has 1 heterocycles. The van der Waals surface area contributed by atoms with Crippen LogP contribution >= 0.6 is 0 Å². The summed E-state index contributed by atoms with van der Waals surface area (Å²) in [6.07, 6.45) is 0. The molecule has 0 fully saturated rings. The molecule has 33 heavy (non-hydrogen) atoms. The second kappa shape index (κ2) is 8.12. The Labute approximate surface area is 196 Å². The van der Waals surface area contributed by atoms with Crippen LogP contribution in [-0.2, 0) is 5.41 Å². The minimum atomic E-state index is -0.500. The quantitative estimate of drug-likeness (QED) is 0.286. The van der Waals surface area contributed by atoms with E-state index in [0.717, 1.165) is 17.2 Å². The molecular weight excluding hydrogens is 404 g/mol. The van der Waals surface area contributed by atoms with Gasteiger partial charge in [0, 0.05) is 11.1 Å². The van der Waals surface area contributed by atoms with Crippen LogP contribution in [0.2, 0.25) is 0 Å². The van der Waals surface area contributed by atoms with Crippen molar-refractivity contribution in [3.63, 3.8) is 0 Å². The van der Waals surface area contributed by atoms with E-state index < -0.39 is 5.41 Å². The maximum absolute atomic E-state index is 6.51. The van der Waals surface area contributed by atoms with E-state index in [1.807, 2.05) is 0 Å². The van der Waals surface area contributed by atoms with Crippen LogP contribution in [0.1, 0.15) is 58.7 Å². The molecule has 0 saturated heterocycles. The Morgan fingerprint density at radius 1 is 0.667 bits per heavy atom. The Morgan fingerprint density at radius 2 is 1.21 bits per heavy atom. The zero-order valence-corrected chi connectivity index (χ0v) is 20.0. The first-order chi connectivity index (χ1) is 15.9. The van der Waals surface area contributed by atoms with Gasteiger partial charge in [-0.25, -0.2) is 0 Å². The van der Waals surface area contributed by atoms with E-state index in [2.05, 4.69) is 113 Å². The largest absolute Gasteiger partial charge is 0.497 e. The van der Waals surface area contributed by atoms with Crippen LogP contribution in [0.4, 0.5) is 0 Å². The van der Waals surface area contributed by atoms with Gasteiger partial charge in [0.25, 0.3) is 0 Å². The summed E-state index contributed by atoms with van der Waals surface area (Å²) in [4.78, 5) is 0. The van der Waals surface area contributed by atoms with Crippen LogP contribution in [-0.4, -0.2) is 7.11 Å². The van der Waals surface area contributed by atoms with Gasteiger partial charge in [-0.05, 0) is 60.7 Å². The molecule has 1 aliphatic heterocycles. The standard InChI is InChI=1S/C31H30O2/c1-20(2)23-9-17-30-28(19-23)31(24-10-6-21(3)7-11-24,25-12-14-26(32-5)15-13-25)27-18-22(4)8-16-29(27)33-30/h6-20H,1-5H3. The van der Waals surface area contributed by atoms with Crippen molar-refractivity contribution in [2.45, 2.75) is 39.0 Å². The topological polar surface area (TPSA) is 18.5 Å². The van der Waals surface area contributed by atoms with E-state index >= 15 is 0 Å². The predicted octanol–water partition coefficient (Wildman–Crippen LogP) is 7.92. The molecule has 0 aliphatic carbocycles. The monoisotopic (exact) mass is 434 g/mol. The first-order valence-electron chi connectivity index (χ1n) is 11.6. The molecule has 1 atom stereocenters. The Morgan fingerprint density at radius 3 is 1.82 bits per heavy atom. The van der Waals surface area contributed by atoms with Crippen molar-refractivity contribution < 1.29 is 9.47 Å². The van der Waals surface area contributed by atoms with Crippen LogP contribution in [0.3, 0.4) is 0 Å². The number of benzene rings is 4. The van der Waals surface area contributed by atoms with Crippen molar-refractivity contribution in [2.24, 2.45) is 0 Å². The average Bonchev–Trinajstić information content (AvgIpc) is 2.83. The second-order valence-electron chi connectivity index (χ2n) is 9.36. The molecule has 1 aliphatic rings. The van der Waals surface area contributed by atoms with Crippen LogP contribution in [0.25, 0.3) is 0 Å². The predicted molar refractivity (Wildman–Crippen MR) is 135 cm³/mol. The molecule has 0 radical (unpaired) electrons. The first kappa shape index (κ1) is 21.3. The van der Waals surface area contributed by atoms with Crippen molar-refractivity contribution in [1.29, 1.82) is 0 Å². The summed E-state index contributed by atoms with van der Waals surface area (Å²) >= 11 is 0. The maximum atomic E-state index is 6.51. The maximum Gasteiger partial charge on any atom is 0.132 e. The molecule has 0 N–H and O–H groups in total. The minimum absolute atomic E-state index is 0.417. The molecule has 4 aromatic rings. The van der Waals surface area contributed by atoms with Gasteiger partial charge in [0.2, 0.25) is 0 Å². The summed E-state index contributed by atoms with van der Waals surface area (Å²) in [5, 5.41) is 0. The van der Waals surface area contributed by atoms with Gasteiger partial charge in [-0.15, -0.1) is 0 Å². The van der Waals surface area contributed by atoms with E-state index in [-0.39, 0.29) is 0 Å². The van der Waals surface area contributed by atoms with Crippen LogP contribution in [0.5, 0.6) is 17.2 Å². The van der Waals surface area contributed by atoms with Gasteiger partial charge in [-0.1, -0.05) is 85.6 Å². The van der Waals surface area contributed by atoms with Gasteiger partial charge in [-0.2, -0.15) is 0 Å². The number of methoxy groups -OCH3 is 1. The fraction of sp³-hybridized carbons (Fsp3) is 0.226. The fourth-order valence-electron chi connectivity index (χ4n) is 5.01. The molecule has 0 amide bonds. The lowest BCUT2D eigenvalue weighted by Crippen LogP contribution is -2.34. The molecule has 0 aromatic heterocycles. The zero-order chi connectivity index (χ0) is 23.2. The molecule has 2 nitrogen and oxygen atoms in total. The third-order valence-electron chi connectivity index (χ3n) is 6.84. The Bertz CT molecular complexity index is 1300. The summed E-state index contributed by atoms with van der Waals surface area (Å²) in [6, 6.07) is 30.6. The van der Waals surface area contributed by atoms with Gasteiger partial charge in [0.15, 0.2) is 0 Å². The Hall–Kier alpha value is -3.52. The molecular formula is C31H30O2. The molecule has 1 unspecified atom stereocenters. The van der Waals surface area contributed by atoms with Crippen molar-refractivity contribution in [3.05, 3.63) is 124 Å².